The molecule has 3 nitrogen and oxygen atoms in total. The van der Waals surface area contributed by atoms with Crippen molar-refractivity contribution in [1.29, 1.82) is 0 Å². The molecule has 0 amide bonds. The zero-order valence-corrected chi connectivity index (χ0v) is 15.7. The molecule has 2 aromatic carbocycles. The minimum absolute atomic E-state index is 0.863. The van der Waals surface area contributed by atoms with Crippen molar-refractivity contribution in [3.05, 3.63) is 59.7 Å². The SMILES string of the molecule is c1cc(-c2ccc(CN3CCOCC3)cc2)ccc1CN1CCCCC1. The van der Waals surface area contributed by atoms with Crippen molar-refractivity contribution in [2.45, 2.75) is 32.4 Å². The molecule has 0 bridgehead atoms. The van der Waals surface area contributed by atoms with Crippen LogP contribution in [-0.4, -0.2) is 49.2 Å². The first-order valence-electron chi connectivity index (χ1n) is 10.1. The second-order valence-electron chi connectivity index (χ2n) is 7.62. The van der Waals surface area contributed by atoms with Gasteiger partial charge in [0.1, 0.15) is 0 Å². The summed E-state index contributed by atoms with van der Waals surface area (Å²) in [7, 11) is 0. The molecule has 26 heavy (non-hydrogen) atoms. The summed E-state index contributed by atoms with van der Waals surface area (Å²) in [5.41, 5.74) is 5.43. The topological polar surface area (TPSA) is 15.7 Å². The van der Waals surface area contributed by atoms with Gasteiger partial charge in [-0.3, -0.25) is 9.80 Å². The second-order valence-corrected chi connectivity index (χ2v) is 7.62. The van der Waals surface area contributed by atoms with E-state index >= 15 is 0 Å². The lowest BCUT2D eigenvalue weighted by Crippen LogP contribution is -2.35. The summed E-state index contributed by atoms with van der Waals surface area (Å²) in [5, 5.41) is 0. The molecule has 0 aromatic heterocycles. The molecule has 4 rings (SSSR count). The third kappa shape index (κ3) is 4.73. The lowest BCUT2D eigenvalue weighted by atomic mass is 10.0. The highest BCUT2D eigenvalue weighted by molar-refractivity contribution is 5.63. The highest BCUT2D eigenvalue weighted by Gasteiger charge is 2.11. The number of nitrogens with zero attached hydrogens (tertiary/aromatic N) is 2. The molecule has 0 unspecified atom stereocenters. The number of piperidine rings is 1. The van der Waals surface area contributed by atoms with Gasteiger partial charge >= 0.3 is 0 Å². The van der Waals surface area contributed by atoms with Gasteiger partial charge in [-0.15, -0.1) is 0 Å². The van der Waals surface area contributed by atoms with Crippen molar-refractivity contribution in [1.82, 2.24) is 9.80 Å². The zero-order chi connectivity index (χ0) is 17.6. The molecule has 0 atom stereocenters. The van der Waals surface area contributed by atoms with Crippen molar-refractivity contribution in [2.75, 3.05) is 39.4 Å². The summed E-state index contributed by atoms with van der Waals surface area (Å²) in [6.07, 6.45) is 4.11. The Morgan fingerprint density at radius 1 is 0.577 bits per heavy atom. The van der Waals surface area contributed by atoms with E-state index in [4.69, 9.17) is 4.74 Å². The Morgan fingerprint density at radius 3 is 1.54 bits per heavy atom. The summed E-state index contributed by atoms with van der Waals surface area (Å²) >= 11 is 0. The van der Waals surface area contributed by atoms with E-state index < -0.39 is 0 Å². The first kappa shape index (κ1) is 17.7. The Kier molecular flexibility index (Phi) is 6.00. The van der Waals surface area contributed by atoms with Gasteiger partial charge in [0.25, 0.3) is 0 Å². The maximum atomic E-state index is 5.43. The van der Waals surface area contributed by atoms with Gasteiger partial charge < -0.3 is 4.74 Å². The van der Waals surface area contributed by atoms with Crippen LogP contribution in [0.15, 0.2) is 48.5 Å². The second kappa shape index (κ2) is 8.81. The van der Waals surface area contributed by atoms with Crippen LogP contribution in [-0.2, 0) is 17.8 Å². The highest BCUT2D eigenvalue weighted by atomic mass is 16.5. The van der Waals surface area contributed by atoms with Crippen LogP contribution < -0.4 is 0 Å². The predicted octanol–water partition coefficient (Wildman–Crippen LogP) is 4.17. The third-order valence-corrected chi connectivity index (χ3v) is 5.61. The average molecular weight is 351 g/mol. The number of ether oxygens (including phenoxy) is 1. The summed E-state index contributed by atoms with van der Waals surface area (Å²) < 4.78 is 5.43. The van der Waals surface area contributed by atoms with Gasteiger partial charge in [-0.05, 0) is 48.2 Å². The first-order valence-corrected chi connectivity index (χ1v) is 10.1. The quantitative estimate of drug-likeness (QED) is 0.805. The van der Waals surface area contributed by atoms with Crippen LogP contribution in [0, 0.1) is 0 Å². The number of hydrogen-bond acceptors (Lipinski definition) is 3. The van der Waals surface area contributed by atoms with Gasteiger partial charge in [-0.25, -0.2) is 0 Å². The Balaban J connectivity index is 1.35. The first-order chi connectivity index (χ1) is 12.9. The van der Waals surface area contributed by atoms with Gasteiger partial charge in [0, 0.05) is 26.2 Å². The highest BCUT2D eigenvalue weighted by Crippen LogP contribution is 2.22. The van der Waals surface area contributed by atoms with Crippen molar-refractivity contribution >= 4 is 0 Å². The van der Waals surface area contributed by atoms with Gasteiger partial charge in [0.2, 0.25) is 0 Å². The van der Waals surface area contributed by atoms with Gasteiger partial charge in [0.05, 0.1) is 13.2 Å². The fourth-order valence-corrected chi connectivity index (χ4v) is 4.00. The number of rotatable bonds is 5. The predicted molar refractivity (Wildman–Crippen MR) is 107 cm³/mol. The fraction of sp³-hybridized carbons (Fsp3) is 0.478. The molecular formula is C23H30N2O. The summed E-state index contributed by atoms with van der Waals surface area (Å²) in [4.78, 5) is 5.05. The van der Waals surface area contributed by atoms with Crippen LogP contribution in [0.25, 0.3) is 11.1 Å². The largest absolute Gasteiger partial charge is 0.379 e. The molecule has 3 heteroatoms. The van der Waals surface area contributed by atoms with Crippen molar-refractivity contribution < 1.29 is 4.74 Å². The minimum atomic E-state index is 0.863. The van der Waals surface area contributed by atoms with Crippen molar-refractivity contribution in [3.63, 3.8) is 0 Å². The smallest absolute Gasteiger partial charge is 0.0594 e. The molecule has 0 aliphatic carbocycles. The molecule has 138 valence electrons. The zero-order valence-electron chi connectivity index (χ0n) is 15.7. The molecule has 2 aliphatic rings. The molecule has 0 N–H and O–H groups in total. The normalized spacial score (nSPS) is 19.5. The molecule has 2 aromatic rings. The summed E-state index contributed by atoms with van der Waals surface area (Å²) in [6, 6.07) is 18.2. The van der Waals surface area contributed by atoms with Crippen molar-refractivity contribution in [2.24, 2.45) is 0 Å². The van der Waals surface area contributed by atoms with E-state index in [0.717, 1.165) is 39.4 Å². The van der Waals surface area contributed by atoms with E-state index in [9.17, 15) is 0 Å². The Bertz CT molecular complexity index is 607. The lowest BCUT2D eigenvalue weighted by Gasteiger charge is -2.26. The molecule has 0 saturated carbocycles. The standard InChI is InChI=1S/C23H30N2O/c1-2-12-24(13-3-1)18-20-4-8-22(9-5-20)23-10-6-21(7-11-23)19-25-14-16-26-17-15-25/h4-11H,1-3,12-19H2. The van der Waals surface area contributed by atoms with E-state index in [-0.39, 0.29) is 0 Å². The maximum Gasteiger partial charge on any atom is 0.0594 e. The number of likely N-dealkylation sites (tertiary alicyclic amines) is 1. The molecule has 2 heterocycles. The summed E-state index contributed by atoms with van der Waals surface area (Å²) in [6.45, 7) is 8.44. The van der Waals surface area contributed by atoms with Gasteiger partial charge in [0.15, 0.2) is 0 Å². The monoisotopic (exact) mass is 350 g/mol. The molecule has 2 aliphatic heterocycles. The number of morpholine rings is 1. The average Bonchev–Trinajstić information content (AvgIpc) is 2.71. The molecule has 2 fully saturated rings. The molecular weight excluding hydrogens is 320 g/mol. The van der Waals surface area contributed by atoms with Crippen LogP contribution in [0.5, 0.6) is 0 Å². The van der Waals surface area contributed by atoms with E-state index in [1.807, 2.05) is 0 Å². The van der Waals surface area contributed by atoms with E-state index in [1.54, 1.807) is 0 Å². The Morgan fingerprint density at radius 2 is 1.04 bits per heavy atom. The molecule has 0 spiro atoms. The van der Waals surface area contributed by atoms with Crippen molar-refractivity contribution in [3.8, 4) is 11.1 Å². The van der Waals surface area contributed by atoms with E-state index in [0.29, 0.717) is 0 Å². The number of hydrogen-bond donors (Lipinski definition) is 0. The maximum absolute atomic E-state index is 5.43. The van der Waals surface area contributed by atoms with Crippen LogP contribution in [0.3, 0.4) is 0 Å². The molecule has 0 radical (unpaired) electrons. The molecule has 2 saturated heterocycles. The fourth-order valence-electron chi connectivity index (χ4n) is 4.00. The minimum Gasteiger partial charge on any atom is -0.379 e. The van der Waals surface area contributed by atoms with Crippen LogP contribution >= 0.6 is 0 Å². The Labute approximate surface area is 157 Å². The van der Waals surface area contributed by atoms with Gasteiger partial charge in [-0.1, -0.05) is 55.0 Å². The van der Waals surface area contributed by atoms with Crippen LogP contribution in [0.1, 0.15) is 30.4 Å². The number of benzene rings is 2. The summed E-state index contributed by atoms with van der Waals surface area (Å²) in [5.74, 6) is 0. The van der Waals surface area contributed by atoms with E-state index in [1.165, 1.54) is 54.6 Å². The van der Waals surface area contributed by atoms with Gasteiger partial charge in [-0.2, -0.15) is 0 Å². The Hall–Kier alpha value is -1.68. The lowest BCUT2D eigenvalue weighted by molar-refractivity contribution is 0.0342. The van der Waals surface area contributed by atoms with E-state index in [2.05, 4.69) is 58.3 Å². The van der Waals surface area contributed by atoms with Crippen LogP contribution in [0.4, 0.5) is 0 Å². The van der Waals surface area contributed by atoms with Crippen LogP contribution in [0.2, 0.25) is 0 Å². The third-order valence-electron chi connectivity index (χ3n) is 5.61.